The molecule has 0 saturated carbocycles. The van der Waals surface area contributed by atoms with Gasteiger partial charge in [0.05, 0.1) is 11.3 Å². The number of carboxylic acid groups (broad SMARTS) is 1. The molecular formula is C24H30N4O4S2. The lowest BCUT2D eigenvalue weighted by Crippen LogP contribution is -2.40. The molecule has 3 heterocycles. The Bertz CT molecular complexity index is 1140. The molecule has 34 heavy (non-hydrogen) atoms. The average molecular weight is 503 g/mol. The number of hydrogen-bond donors (Lipinski definition) is 1. The van der Waals surface area contributed by atoms with Crippen molar-refractivity contribution in [2.24, 2.45) is 5.92 Å². The first kappa shape index (κ1) is 26.0. The number of carboxylic acids is 1. The quantitative estimate of drug-likeness (QED) is 0.423. The first-order chi connectivity index (χ1) is 16.2. The number of thiocarbonyl (C=S) groups is 1. The number of piperidine rings is 1. The minimum absolute atomic E-state index is 0.00621. The van der Waals surface area contributed by atoms with Crippen molar-refractivity contribution in [3.63, 3.8) is 0 Å². The Kier molecular flexibility index (Phi) is 8.55. The van der Waals surface area contributed by atoms with Crippen molar-refractivity contribution in [3.05, 3.63) is 31.9 Å². The van der Waals surface area contributed by atoms with Crippen LogP contribution in [0.1, 0.15) is 62.6 Å². The number of thioether (sulfide) groups is 1. The van der Waals surface area contributed by atoms with Crippen molar-refractivity contribution in [1.82, 2.24) is 9.47 Å². The Morgan fingerprint density at radius 3 is 2.71 bits per heavy atom. The molecule has 0 aliphatic carbocycles. The van der Waals surface area contributed by atoms with E-state index in [2.05, 4.69) is 24.8 Å². The van der Waals surface area contributed by atoms with Crippen LogP contribution in [0.4, 0.5) is 5.82 Å². The molecule has 2 aliphatic rings. The summed E-state index contributed by atoms with van der Waals surface area (Å²) >= 11 is 6.46. The summed E-state index contributed by atoms with van der Waals surface area (Å²) in [5, 5.41) is 18.8. The van der Waals surface area contributed by atoms with Crippen LogP contribution < -0.4 is 10.5 Å². The molecule has 1 N–H and O–H groups in total. The van der Waals surface area contributed by atoms with Crippen LogP contribution in [-0.4, -0.2) is 50.4 Å². The summed E-state index contributed by atoms with van der Waals surface area (Å²) in [5.74, 6) is -0.144. The van der Waals surface area contributed by atoms with Crippen LogP contribution in [0.5, 0.6) is 0 Å². The minimum atomic E-state index is -1.00. The second kappa shape index (κ2) is 11.2. The topological polar surface area (TPSA) is 107 Å². The predicted molar refractivity (Wildman–Crippen MR) is 138 cm³/mol. The van der Waals surface area contributed by atoms with Gasteiger partial charge in [0.1, 0.15) is 21.8 Å². The fraction of sp³-hybridized carbons (Fsp3) is 0.542. The third-order valence-corrected chi connectivity index (χ3v) is 7.61. The number of anilines is 1. The van der Waals surface area contributed by atoms with E-state index in [1.807, 2.05) is 0 Å². The number of carbonyl (C=O) groups is 2. The summed E-state index contributed by atoms with van der Waals surface area (Å²) < 4.78 is 2.01. The molecule has 182 valence electrons. The maximum Gasteiger partial charge on any atom is 0.305 e. The van der Waals surface area contributed by atoms with Gasteiger partial charge in [-0.05, 0) is 43.7 Å². The van der Waals surface area contributed by atoms with Crippen molar-refractivity contribution < 1.29 is 14.7 Å². The van der Waals surface area contributed by atoms with Crippen LogP contribution in [0.3, 0.4) is 0 Å². The van der Waals surface area contributed by atoms with Crippen LogP contribution in [0.25, 0.3) is 6.08 Å². The summed E-state index contributed by atoms with van der Waals surface area (Å²) in [5.41, 5.74) is 1.01. The van der Waals surface area contributed by atoms with Gasteiger partial charge < -0.3 is 10.0 Å². The number of pyridine rings is 1. The predicted octanol–water partition coefficient (Wildman–Crippen LogP) is 3.74. The highest BCUT2D eigenvalue weighted by Gasteiger charge is 2.33. The normalized spacial score (nSPS) is 19.7. The lowest BCUT2D eigenvalue weighted by molar-refractivity contribution is -0.137. The number of carbonyl (C=O) groups excluding carboxylic acids is 1. The van der Waals surface area contributed by atoms with Crippen LogP contribution >= 0.6 is 24.0 Å². The van der Waals surface area contributed by atoms with Gasteiger partial charge in [-0.15, -0.1) is 0 Å². The summed E-state index contributed by atoms with van der Waals surface area (Å²) in [4.78, 5) is 41.3. The summed E-state index contributed by atoms with van der Waals surface area (Å²) in [6.07, 6.45) is 5.33. The second-order valence-corrected chi connectivity index (χ2v) is 10.5. The van der Waals surface area contributed by atoms with E-state index in [4.69, 9.17) is 17.3 Å². The molecule has 1 aromatic heterocycles. The van der Waals surface area contributed by atoms with Crippen molar-refractivity contribution in [2.45, 2.75) is 59.4 Å². The molecular weight excluding hydrogens is 472 g/mol. The Balaban J connectivity index is 2.18. The standard InChI is InChI=1S/C24H30N4O4S2/c1-4-5-10-27-21(26-9-6-7-15(2)14-26)17(16(3)18(13-25)22(27)31)12-19-23(32)28(24(33)34-19)11-8-20(29)30/h12,15H,4-11,14H2,1-3H3,(H,29,30). The first-order valence-corrected chi connectivity index (χ1v) is 12.8. The highest BCUT2D eigenvalue weighted by Crippen LogP contribution is 2.37. The van der Waals surface area contributed by atoms with Crippen LogP contribution in [0.15, 0.2) is 9.70 Å². The first-order valence-electron chi connectivity index (χ1n) is 11.6. The summed E-state index contributed by atoms with van der Waals surface area (Å²) in [6, 6.07) is 2.07. The molecule has 0 aromatic carbocycles. The lowest BCUT2D eigenvalue weighted by atomic mass is 9.98. The Morgan fingerprint density at radius 2 is 2.09 bits per heavy atom. The molecule has 1 aromatic rings. The van der Waals surface area contributed by atoms with Gasteiger partial charge in [-0.2, -0.15) is 5.26 Å². The molecule has 2 aliphatic heterocycles. The number of nitriles is 1. The van der Waals surface area contributed by atoms with Gasteiger partial charge in [-0.3, -0.25) is 23.9 Å². The van der Waals surface area contributed by atoms with Gasteiger partial charge in [-0.25, -0.2) is 0 Å². The number of aliphatic carboxylic acids is 1. The van der Waals surface area contributed by atoms with Gasteiger partial charge in [0.15, 0.2) is 0 Å². The van der Waals surface area contributed by atoms with Crippen LogP contribution in [0.2, 0.25) is 0 Å². The number of amides is 1. The summed E-state index contributed by atoms with van der Waals surface area (Å²) in [6.45, 7) is 8.06. The fourth-order valence-electron chi connectivity index (χ4n) is 4.42. The molecule has 0 radical (unpaired) electrons. The highest BCUT2D eigenvalue weighted by atomic mass is 32.2. The van der Waals surface area contributed by atoms with Crippen LogP contribution in [-0.2, 0) is 16.1 Å². The van der Waals surface area contributed by atoms with E-state index in [0.717, 1.165) is 56.4 Å². The molecule has 2 saturated heterocycles. The van der Waals surface area contributed by atoms with Crippen molar-refractivity contribution in [3.8, 4) is 6.07 Å². The minimum Gasteiger partial charge on any atom is -0.481 e. The van der Waals surface area contributed by atoms with Crippen molar-refractivity contribution in [1.29, 1.82) is 5.26 Å². The molecule has 1 amide bonds. The van der Waals surface area contributed by atoms with E-state index in [1.54, 1.807) is 17.6 Å². The number of hydrogen-bond acceptors (Lipinski definition) is 7. The van der Waals surface area contributed by atoms with Crippen molar-refractivity contribution >= 4 is 52.1 Å². The Morgan fingerprint density at radius 1 is 1.35 bits per heavy atom. The molecule has 3 rings (SSSR count). The van der Waals surface area contributed by atoms with E-state index < -0.39 is 5.97 Å². The third kappa shape index (κ3) is 5.36. The lowest BCUT2D eigenvalue weighted by Gasteiger charge is -2.36. The average Bonchev–Trinajstić information content (AvgIpc) is 3.05. The van der Waals surface area contributed by atoms with Gasteiger partial charge in [-0.1, -0.05) is 44.2 Å². The molecule has 1 unspecified atom stereocenters. The third-order valence-electron chi connectivity index (χ3n) is 6.24. The molecule has 0 bridgehead atoms. The number of nitrogens with zero attached hydrogens (tertiary/aromatic N) is 4. The molecule has 10 heteroatoms. The van der Waals surface area contributed by atoms with Gasteiger partial charge in [0.2, 0.25) is 0 Å². The van der Waals surface area contributed by atoms with Gasteiger partial charge in [0.25, 0.3) is 11.5 Å². The highest BCUT2D eigenvalue weighted by molar-refractivity contribution is 8.26. The zero-order valence-electron chi connectivity index (χ0n) is 19.8. The SMILES string of the molecule is CCCCn1c(N2CCCC(C)C2)c(C=C2SC(=S)N(CCC(=O)O)C2=O)c(C)c(C#N)c1=O. The fourth-order valence-corrected chi connectivity index (χ4v) is 5.71. The summed E-state index contributed by atoms with van der Waals surface area (Å²) in [7, 11) is 0. The molecule has 1 atom stereocenters. The molecule has 8 nitrogen and oxygen atoms in total. The molecule has 0 spiro atoms. The van der Waals surface area contributed by atoms with E-state index >= 15 is 0 Å². The zero-order chi connectivity index (χ0) is 25.0. The van der Waals surface area contributed by atoms with Crippen LogP contribution in [0, 0.1) is 24.2 Å². The Labute approximate surface area is 209 Å². The van der Waals surface area contributed by atoms with E-state index in [9.17, 15) is 19.6 Å². The van der Waals surface area contributed by atoms with Gasteiger partial charge in [0, 0.05) is 31.7 Å². The number of aromatic nitrogens is 1. The van der Waals surface area contributed by atoms with Gasteiger partial charge >= 0.3 is 5.97 Å². The van der Waals surface area contributed by atoms with E-state index in [-0.39, 0.29) is 30.0 Å². The Hall–Kier alpha value is -2.64. The number of rotatable bonds is 8. The second-order valence-electron chi connectivity index (χ2n) is 8.83. The number of unbranched alkanes of at least 4 members (excludes halogenated alkanes) is 1. The monoisotopic (exact) mass is 502 g/mol. The van der Waals surface area contributed by atoms with Crippen molar-refractivity contribution in [2.75, 3.05) is 24.5 Å². The van der Waals surface area contributed by atoms with E-state index in [0.29, 0.717) is 32.8 Å². The van der Waals surface area contributed by atoms with E-state index in [1.165, 1.54) is 4.90 Å². The largest absolute Gasteiger partial charge is 0.481 e. The maximum absolute atomic E-state index is 13.3. The smallest absolute Gasteiger partial charge is 0.305 e. The maximum atomic E-state index is 13.3. The molecule has 2 fully saturated rings. The zero-order valence-corrected chi connectivity index (χ0v) is 21.4.